The molecule has 1 heterocycles. The Morgan fingerprint density at radius 1 is 1.56 bits per heavy atom. The van der Waals surface area contributed by atoms with Crippen LogP contribution in [0.5, 0.6) is 0 Å². The van der Waals surface area contributed by atoms with Gasteiger partial charge in [0.2, 0.25) is 5.91 Å². The standard InChI is InChI=1S/C9H14BNO5/c1-2-8(12)11-7-4-3-6(5-9(13)14)16-10(7)15/h2,6-7,15H,1,3-5H2,(H,11,12)(H,13,14)/t6-,7-/m0/s1. The van der Waals surface area contributed by atoms with E-state index in [0.29, 0.717) is 12.8 Å². The fourth-order valence-electron chi connectivity index (χ4n) is 1.60. The molecule has 1 aliphatic rings. The molecule has 1 saturated heterocycles. The van der Waals surface area contributed by atoms with E-state index in [1.165, 1.54) is 0 Å². The largest absolute Gasteiger partial charge is 0.481 e. The van der Waals surface area contributed by atoms with Crippen molar-refractivity contribution in [3.05, 3.63) is 12.7 Å². The highest BCUT2D eigenvalue weighted by Gasteiger charge is 2.36. The van der Waals surface area contributed by atoms with Gasteiger partial charge in [-0.05, 0) is 18.9 Å². The second-order valence-electron chi connectivity index (χ2n) is 3.64. The normalized spacial score (nSPS) is 24.9. The number of nitrogens with one attached hydrogen (secondary N) is 1. The molecular formula is C9H14BNO5. The summed E-state index contributed by atoms with van der Waals surface area (Å²) in [5, 5.41) is 20.6. The molecule has 0 bridgehead atoms. The van der Waals surface area contributed by atoms with E-state index in [1.54, 1.807) is 0 Å². The van der Waals surface area contributed by atoms with Crippen LogP contribution < -0.4 is 5.32 Å². The average Bonchev–Trinajstić information content (AvgIpc) is 2.21. The minimum Gasteiger partial charge on any atom is -0.481 e. The monoisotopic (exact) mass is 227 g/mol. The molecule has 1 amide bonds. The third kappa shape index (κ3) is 3.67. The van der Waals surface area contributed by atoms with Crippen molar-refractivity contribution in [2.45, 2.75) is 31.3 Å². The predicted molar refractivity (Wildman–Crippen MR) is 56.5 cm³/mol. The van der Waals surface area contributed by atoms with Crippen LogP contribution in [0.4, 0.5) is 0 Å². The first kappa shape index (κ1) is 12.7. The van der Waals surface area contributed by atoms with Crippen molar-refractivity contribution in [3.63, 3.8) is 0 Å². The van der Waals surface area contributed by atoms with Gasteiger partial charge in [-0.25, -0.2) is 0 Å². The highest BCUT2D eigenvalue weighted by molar-refractivity contribution is 6.45. The molecule has 0 aromatic carbocycles. The van der Waals surface area contributed by atoms with Crippen LogP contribution >= 0.6 is 0 Å². The molecule has 1 fully saturated rings. The van der Waals surface area contributed by atoms with Gasteiger partial charge >= 0.3 is 13.1 Å². The lowest BCUT2D eigenvalue weighted by molar-refractivity contribution is -0.139. The predicted octanol–water partition coefficient (Wildman–Crippen LogP) is -0.669. The Morgan fingerprint density at radius 2 is 2.25 bits per heavy atom. The highest BCUT2D eigenvalue weighted by atomic mass is 16.5. The van der Waals surface area contributed by atoms with Gasteiger partial charge < -0.3 is 20.1 Å². The van der Waals surface area contributed by atoms with Crippen LogP contribution in [0.1, 0.15) is 19.3 Å². The smallest absolute Gasteiger partial charge is 0.478 e. The van der Waals surface area contributed by atoms with Crippen molar-refractivity contribution in [2.24, 2.45) is 0 Å². The fourth-order valence-corrected chi connectivity index (χ4v) is 1.60. The number of rotatable bonds is 4. The molecule has 0 radical (unpaired) electrons. The number of hydrogen-bond acceptors (Lipinski definition) is 4. The number of aliphatic carboxylic acids is 1. The van der Waals surface area contributed by atoms with Gasteiger partial charge in [0.15, 0.2) is 0 Å². The van der Waals surface area contributed by atoms with Crippen LogP contribution in [-0.2, 0) is 14.2 Å². The number of amides is 1. The number of carboxylic acids is 1. The summed E-state index contributed by atoms with van der Waals surface area (Å²) in [4.78, 5) is 21.4. The van der Waals surface area contributed by atoms with E-state index in [4.69, 9.17) is 9.76 Å². The van der Waals surface area contributed by atoms with Gasteiger partial charge in [0.25, 0.3) is 0 Å². The zero-order valence-electron chi connectivity index (χ0n) is 8.76. The Labute approximate surface area is 93.4 Å². The van der Waals surface area contributed by atoms with Crippen molar-refractivity contribution < 1.29 is 24.4 Å². The van der Waals surface area contributed by atoms with Crippen molar-refractivity contribution in [1.29, 1.82) is 0 Å². The molecule has 88 valence electrons. The van der Waals surface area contributed by atoms with E-state index in [0.717, 1.165) is 6.08 Å². The average molecular weight is 227 g/mol. The molecule has 1 aliphatic heterocycles. The second-order valence-corrected chi connectivity index (χ2v) is 3.64. The molecule has 0 aromatic rings. The number of carbonyl (C=O) groups is 2. The van der Waals surface area contributed by atoms with Gasteiger partial charge in [-0.15, -0.1) is 0 Å². The van der Waals surface area contributed by atoms with Crippen molar-refractivity contribution in [1.82, 2.24) is 5.32 Å². The zero-order chi connectivity index (χ0) is 12.1. The summed E-state index contributed by atoms with van der Waals surface area (Å²) in [7, 11) is -1.16. The van der Waals surface area contributed by atoms with Gasteiger partial charge in [-0.1, -0.05) is 6.58 Å². The number of carboxylic acid groups (broad SMARTS) is 1. The Bertz CT molecular complexity index is 296. The topological polar surface area (TPSA) is 95.9 Å². The zero-order valence-corrected chi connectivity index (χ0v) is 8.76. The van der Waals surface area contributed by atoms with Gasteiger partial charge in [0.05, 0.1) is 18.5 Å². The molecule has 0 aromatic heterocycles. The molecule has 0 spiro atoms. The Hall–Kier alpha value is -1.34. The lowest BCUT2D eigenvalue weighted by atomic mass is 9.72. The van der Waals surface area contributed by atoms with Gasteiger partial charge in [0.1, 0.15) is 0 Å². The summed E-state index contributed by atoms with van der Waals surface area (Å²) in [6, 6.07) is 0. The van der Waals surface area contributed by atoms with Crippen LogP contribution in [0.3, 0.4) is 0 Å². The Morgan fingerprint density at radius 3 is 2.75 bits per heavy atom. The Balaban J connectivity index is 2.42. The Kier molecular flexibility index (Phi) is 4.51. The van der Waals surface area contributed by atoms with E-state index < -0.39 is 25.1 Å². The summed E-state index contributed by atoms with van der Waals surface area (Å²) in [6.07, 6.45) is 1.45. The summed E-state index contributed by atoms with van der Waals surface area (Å²) in [5.41, 5.74) is 0. The second kappa shape index (κ2) is 5.67. The molecule has 6 nitrogen and oxygen atoms in total. The summed E-state index contributed by atoms with van der Waals surface area (Å²) in [5.74, 6) is -1.86. The lowest BCUT2D eigenvalue weighted by Gasteiger charge is -2.30. The number of carbonyl (C=O) groups excluding carboxylic acids is 1. The molecule has 0 saturated carbocycles. The van der Waals surface area contributed by atoms with Crippen molar-refractivity contribution in [2.75, 3.05) is 0 Å². The molecule has 7 heteroatoms. The molecule has 3 N–H and O–H groups in total. The lowest BCUT2D eigenvalue weighted by Crippen LogP contribution is -2.52. The molecular weight excluding hydrogens is 213 g/mol. The van der Waals surface area contributed by atoms with Gasteiger partial charge in [-0.2, -0.15) is 0 Å². The van der Waals surface area contributed by atoms with Crippen LogP contribution in [0.2, 0.25) is 0 Å². The van der Waals surface area contributed by atoms with Crippen LogP contribution in [0, 0.1) is 0 Å². The van der Waals surface area contributed by atoms with Crippen LogP contribution in [0.25, 0.3) is 0 Å². The first-order valence-electron chi connectivity index (χ1n) is 5.01. The van der Waals surface area contributed by atoms with E-state index in [1.807, 2.05) is 0 Å². The number of hydrogen-bond donors (Lipinski definition) is 3. The maximum Gasteiger partial charge on any atom is 0.478 e. The minimum atomic E-state index is -1.16. The molecule has 1 rings (SSSR count). The van der Waals surface area contributed by atoms with Crippen molar-refractivity contribution >= 4 is 19.0 Å². The highest BCUT2D eigenvalue weighted by Crippen LogP contribution is 2.18. The van der Waals surface area contributed by atoms with E-state index >= 15 is 0 Å². The summed E-state index contributed by atoms with van der Waals surface area (Å²) >= 11 is 0. The first-order valence-corrected chi connectivity index (χ1v) is 5.01. The van der Waals surface area contributed by atoms with Crippen molar-refractivity contribution in [3.8, 4) is 0 Å². The van der Waals surface area contributed by atoms with E-state index in [-0.39, 0.29) is 12.3 Å². The maximum absolute atomic E-state index is 11.0. The quantitative estimate of drug-likeness (QED) is 0.437. The summed E-state index contributed by atoms with van der Waals surface area (Å²) in [6.45, 7) is 3.29. The first-order chi connectivity index (χ1) is 7.52. The van der Waals surface area contributed by atoms with Crippen LogP contribution in [0.15, 0.2) is 12.7 Å². The maximum atomic E-state index is 11.0. The molecule has 0 unspecified atom stereocenters. The fraction of sp³-hybridized carbons (Fsp3) is 0.556. The van der Waals surface area contributed by atoms with E-state index in [2.05, 4.69) is 11.9 Å². The van der Waals surface area contributed by atoms with Gasteiger partial charge in [-0.3, -0.25) is 9.59 Å². The third-order valence-electron chi connectivity index (χ3n) is 2.39. The molecule has 16 heavy (non-hydrogen) atoms. The van der Waals surface area contributed by atoms with E-state index in [9.17, 15) is 14.6 Å². The SMILES string of the molecule is C=CC(=O)N[C@H]1CC[C@@H](CC(=O)O)OB1O. The minimum absolute atomic E-state index is 0.140. The molecule has 2 atom stereocenters. The third-order valence-corrected chi connectivity index (χ3v) is 2.39. The summed E-state index contributed by atoms with van der Waals surface area (Å²) < 4.78 is 5.08. The molecule has 0 aliphatic carbocycles. The van der Waals surface area contributed by atoms with Crippen LogP contribution in [-0.4, -0.2) is 41.2 Å². The van der Waals surface area contributed by atoms with Gasteiger partial charge in [0, 0.05) is 0 Å².